The second-order valence-electron chi connectivity index (χ2n) is 7.33. The maximum atomic E-state index is 12.7. The molecule has 1 aliphatic heterocycles. The van der Waals surface area contributed by atoms with Gasteiger partial charge in [-0.05, 0) is 49.1 Å². The average molecular weight is 403 g/mol. The molecule has 28 heavy (non-hydrogen) atoms. The summed E-state index contributed by atoms with van der Waals surface area (Å²) in [5.41, 5.74) is 1.29. The Balaban J connectivity index is 1.49. The Morgan fingerprint density at radius 2 is 1.71 bits per heavy atom. The van der Waals surface area contributed by atoms with Gasteiger partial charge in [-0.15, -0.1) is 0 Å². The van der Waals surface area contributed by atoms with Crippen molar-refractivity contribution in [2.75, 3.05) is 19.7 Å². The lowest BCUT2D eigenvalue weighted by Crippen LogP contribution is -2.44. The molecule has 1 N–H and O–H groups in total. The number of sulfonamides is 1. The van der Waals surface area contributed by atoms with Crippen LogP contribution >= 0.6 is 0 Å². The molecule has 0 atom stereocenters. The fourth-order valence-corrected chi connectivity index (χ4v) is 4.69. The minimum atomic E-state index is -3.50. The molecule has 3 rings (SSSR count). The SMILES string of the molecule is CCCCOc1ccc(S(=O)(=O)NC2CCN(Cc3ccccc3)CC2)cc1. The molecular formula is C22H30N2O3S. The van der Waals surface area contributed by atoms with Crippen LogP contribution in [0.1, 0.15) is 38.2 Å². The van der Waals surface area contributed by atoms with E-state index in [4.69, 9.17) is 4.74 Å². The molecule has 1 fully saturated rings. The zero-order chi connectivity index (χ0) is 19.8. The van der Waals surface area contributed by atoms with Gasteiger partial charge in [-0.2, -0.15) is 0 Å². The first-order valence-electron chi connectivity index (χ1n) is 10.1. The Labute approximate surface area is 168 Å². The van der Waals surface area contributed by atoms with Gasteiger partial charge in [-0.25, -0.2) is 13.1 Å². The number of nitrogens with one attached hydrogen (secondary N) is 1. The van der Waals surface area contributed by atoms with Crippen LogP contribution in [0.3, 0.4) is 0 Å². The van der Waals surface area contributed by atoms with Crippen LogP contribution < -0.4 is 9.46 Å². The van der Waals surface area contributed by atoms with Crippen LogP contribution in [0.5, 0.6) is 5.75 Å². The number of likely N-dealkylation sites (tertiary alicyclic amines) is 1. The van der Waals surface area contributed by atoms with Crippen molar-refractivity contribution in [2.45, 2.75) is 50.1 Å². The number of benzene rings is 2. The number of hydrogen-bond donors (Lipinski definition) is 1. The van der Waals surface area contributed by atoms with Gasteiger partial charge >= 0.3 is 0 Å². The molecule has 6 heteroatoms. The topological polar surface area (TPSA) is 58.6 Å². The third-order valence-electron chi connectivity index (χ3n) is 5.06. The van der Waals surface area contributed by atoms with Crippen molar-refractivity contribution >= 4 is 10.0 Å². The minimum absolute atomic E-state index is 0.0162. The molecule has 0 bridgehead atoms. The van der Waals surface area contributed by atoms with Gasteiger partial charge in [0.05, 0.1) is 11.5 Å². The Bertz CT molecular complexity index is 815. The van der Waals surface area contributed by atoms with E-state index in [9.17, 15) is 8.42 Å². The van der Waals surface area contributed by atoms with E-state index in [1.54, 1.807) is 24.3 Å². The van der Waals surface area contributed by atoms with Gasteiger partial charge in [-0.3, -0.25) is 4.90 Å². The van der Waals surface area contributed by atoms with Crippen molar-refractivity contribution in [3.05, 3.63) is 60.2 Å². The van der Waals surface area contributed by atoms with Crippen LogP contribution in [0.15, 0.2) is 59.5 Å². The molecule has 1 aliphatic rings. The van der Waals surface area contributed by atoms with E-state index < -0.39 is 10.0 Å². The summed E-state index contributed by atoms with van der Waals surface area (Å²) < 4.78 is 33.8. The molecule has 2 aromatic carbocycles. The normalized spacial score (nSPS) is 16.2. The van der Waals surface area contributed by atoms with Gasteiger partial charge in [0.25, 0.3) is 0 Å². The van der Waals surface area contributed by atoms with Crippen LogP contribution in [0.2, 0.25) is 0 Å². The molecule has 2 aromatic rings. The van der Waals surface area contributed by atoms with Crippen molar-refractivity contribution < 1.29 is 13.2 Å². The van der Waals surface area contributed by atoms with E-state index in [1.807, 2.05) is 6.07 Å². The summed E-state index contributed by atoms with van der Waals surface area (Å²) >= 11 is 0. The molecule has 0 saturated carbocycles. The second-order valence-corrected chi connectivity index (χ2v) is 9.04. The summed E-state index contributed by atoms with van der Waals surface area (Å²) in [4.78, 5) is 2.67. The van der Waals surface area contributed by atoms with Gasteiger partial charge in [0.2, 0.25) is 10.0 Å². The Hall–Kier alpha value is -1.89. The molecule has 0 aromatic heterocycles. The fraction of sp³-hybridized carbons (Fsp3) is 0.455. The number of hydrogen-bond acceptors (Lipinski definition) is 4. The van der Waals surface area contributed by atoms with Crippen LogP contribution in [-0.4, -0.2) is 39.1 Å². The van der Waals surface area contributed by atoms with Crippen LogP contribution in [-0.2, 0) is 16.6 Å². The minimum Gasteiger partial charge on any atom is -0.494 e. The molecule has 5 nitrogen and oxygen atoms in total. The monoisotopic (exact) mass is 402 g/mol. The lowest BCUT2D eigenvalue weighted by Gasteiger charge is -2.32. The zero-order valence-corrected chi connectivity index (χ0v) is 17.3. The number of piperidine rings is 1. The second kappa shape index (κ2) is 10.0. The first-order chi connectivity index (χ1) is 13.6. The van der Waals surface area contributed by atoms with Gasteiger partial charge < -0.3 is 4.74 Å². The summed E-state index contributed by atoms with van der Waals surface area (Å²) in [6.07, 6.45) is 3.71. The zero-order valence-electron chi connectivity index (χ0n) is 16.5. The predicted molar refractivity (Wildman–Crippen MR) is 112 cm³/mol. The number of nitrogens with zero attached hydrogens (tertiary/aromatic N) is 1. The first-order valence-corrected chi connectivity index (χ1v) is 11.6. The molecule has 1 heterocycles. The van der Waals surface area contributed by atoms with Crippen LogP contribution in [0, 0.1) is 0 Å². The molecule has 1 saturated heterocycles. The molecule has 0 radical (unpaired) electrons. The largest absolute Gasteiger partial charge is 0.494 e. The third-order valence-corrected chi connectivity index (χ3v) is 6.60. The molecule has 0 unspecified atom stereocenters. The molecule has 0 spiro atoms. The van der Waals surface area contributed by atoms with E-state index in [0.29, 0.717) is 17.3 Å². The molecule has 0 aliphatic carbocycles. The maximum Gasteiger partial charge on any atom is 0.240 e. The Kier molecular flexibility index (Phi) is 7.48. The van der Waals surface area contributed by atoms with E-state index in [1.165, 1.54) is 5.56 Å². The maximum absolute atomic E-state index is 12.7. The predicted octanol–water partition coefficient (Wildman–Crippen LogP) is 3.81. The Morgan fingerprint density at radius 1 is 1.04 bits per heavy atom. The summed E-state index contributed by atoms with van der Waals surface area (Å²) in [6, 6.07) is 17.1. The lowest BCUT2D eigenvalue weighted by atomic mass is 10.1. The van der Waals surface area contributed by atoms with Crippen molar-refractivity contribution in [3.63, 3.8) is 0 Å². The van der Waals surface area contributed by atoms with E-state index in [-0.39, 0.29) is 6.04 Å². The molecule has 152 valence electrons. The lowest BCUT2D eigenvalue weighted by molar-refractivity contribution is 0.200. The molecular weight excluding hydrogens is 372 g/mol. The van der Waals surface area contributed by atoms with Gasteiger partial charge in [0, 0.05) is 25.7 Å². The van der Waals surface area contributed by atoms with Crippen molar-refractivity contribution in [2.24, 2.45) is 0 Å². The average Bonchev–Trinajstić information content (AvgIpc) is 2.71. The van der Waals surface area contributed by atoms with Gasteiger partial charge in [0.1, 0.15) is 5.75 Å². The Morgan fingerprint density at radius 3 is 2.36 bits per heavy atom. The van der Waals surface area contributed by atoms with Gasteiger partial charge in [0.15, 0.2) is 0 Å². The van der Waals surface area contributed by atoms with Crippen LogP contribution in [0.25, 0.3) is 0 Å². The highest BCUT2D eigenvalue weighted by Crippen LogP contribution is 2.19. The van der Waals surface area contributed by atoms with Gasteiger partial charge in [-0.1, -0.05) is 43.7 Å². The number of unbranched alkanes of at least 4 members (excludes halogenated alkanes) is 1. The van der Waals surface area contributed by atoms with Crippen molar-refractivity contribution in [3.8, 4) is 5.75 Å². The quantitative estimate of drug-likeness (QED) is 0.648. The smallest absolute Gasteiger partial charge is 0.240 e. The highest BCUT2D eigenvalue weighted by molar-refractivity contribution is 7.89. The van der Waals surface area contributed by atoms with Crippen molar-refractivity contribution in [1.82, 2.24) is 9.62 Å². The number of ether oxygens (including phenoxy) is 1. The van der Waals surface area contributed by atoms with E-state index in [0.717, 1.165) is 45.3 Å². The first kappa shape index (κ1) is 20.8. The third kappa shape index (κ3) is 6.06. The summed E-state index contributed by atoms with van der Waals surface area (Å²) in [5, 5.41) is 0. The highest BCUT2D eigenvalue weighted by atomic mass is 32.2. The van der Waals surface area contributed by atoms with Crippen LogP contribution in [0.4, 0.5) is 0 Å². The highest BCUT2D eigenvalue weighted by Gasteiger charge is 2.24. The van der Waals surface area contributed by atoms with E-state index >= 15 is 0 Å². The summed E-state index contributed by atoms with van der Waals surface area (Å²) in [6.45, 7) is 5.47. The van der Waals surface area contributed by atoms with E-state index in [2.05, 4.69) is 40.8 Å². The van der Waals surface area contributed by atoms with Crippen molar-refractivity contribution in [1.29, 1.82) is 0 Å². The summed E-state index contributed by atoms with van der Waals surface area (Å²) in [7, 11) is -3.50. The number of rotatable bonds is 9. The molecule has 0 amide bonds. The standard InChI is InChI=1S/C22H30N2O3S/c1-2-3-17-27-21-9-11-22(12-10-21)28(25,26)23-20-13-15-24(16-14-20)18-19-7-5-4-6-8-19/h4-12,20,23H,2-3,13-18H2,1H3. The summed E-state index contributed by atoms with van der Waals surface area (Å²) in [5.74, 6) is 0.710. The fourth-order valence-electron chi connectivity index (χ4n) is 3.39.